The van der Waals surface area contributed by atoms with E-state index < -0.39 is 23.3 Å². The largest absolute Gasteiger partial charge is 0.451 e. The van der Waals surface area contributed by atoms with Gasteiger partial charge in [0.15, 0.2) is 11.2 Å². The van der Waals surface area contributed by atoms with Gasteiger partial charge >= 0.3 is 0 Å². The zero-order valence-electron chi connectivity index (χ0n) is 12.6. The molecule has 1 amide bonds. The van der Waals surface area contributed by atoms with Crippen molar-refractivity contribution >= 4 is 16.9 Å². The van der Waals surface area contributed by atoms with E-state index in [1.807, 2.05) is 11.9 Å². The second kappa shape index (κ2) is 6.10. The highest BCUT2D eigenvalue weighted by molar-refractivity contribution is 5.93. The fourth-order valence-corrected chi connectivity index (χ4v) is 2.83. The molecule has 7 heteroatoms. The van der Waals surface area contributed by atoms with Crippen LogP contribution in [0.15, 0.2) is 33.5 Å². The van der Waals surface area contributed by atoms with Gasteiger partial charge in [0.25, 0.3) is 5.91 Å². The molecule has 1 saturated heterocycles. The maximum Gasteiger partial charge on any atom is 0.287 e. The highest BCUT2D eigenvalue weighted by Gasteiger charge is 2.28. The summed E-state index contributed by atoms with van der Waals surface area (Å²) in [6.45, 7) is 0.891. The minimum Gasteiger partial charge on any atom is -0.451 e. The Labute approximate surface area is 131 Å². The lowest BCUT2D eigenvalue weighted by molar-refractivity contribution is 0.0916. The quantitative estimate of drug-likeness (QED) is 0.871. The first-order chi connectivity index (χ1) is 10.9. The zero-order valence-corrected chi connectivity index (χ0v) is 12.6. The van der Waals surface area contributed by atoms with Gasteiger partial charge in [-0.3, -0.25) is 14.5 Å². The Balaban J connectivity index is 1.77. The number of carbonyl (C=O) groups is 1. The van der Waals surface area contributed by atoms with E-state index in [9.17, 15) is 19.1 Å². The van der Waals surface area contributed by atoms with E-state index in [1.54, 1.807) is 0 Å². The molecule has 2 N–H and O–H groups in total. The molecule has 0 radical (unpaired) electrons. The Kier molecular flexibility index (Phi) is 4.14. The lowest BCUT2D eigenvalue weighted by Crippen LogP contribution is -2.38. The summed E-state index contributed by atoms with van der Waals surface area (Å²) in [5.41, 5.74) is -0.360. The van der Waals surface area contributed by atoms with Crippen LogP contribution in [0, 0.1) is 5.82 Å². The van der Waals surface area contributed by atoms with E-state index in [1.165, 1.54) is 12.1 Å². The minimum atomic E-state index is -0.542. The predicted octanol–water partition coefficient (Wildman–Crippen LogP) is 0.727. The topological polar surface area (TPSA) is 82.8 Å². The summed E-state index contributed by atoms with van der Waals surface area (Å²) < 4.78 is 18.6. The fraction of sp³-hybridized carbons (Fsp3) is 0.375. The number of halogens is 1. The standard InChI is InChI=1S/C16H17FN2O4/c1-19-8-11(20)5-10(19)7-18-16(22)15-6-13(21)12-3-2-9(17)4-14(12)23-15/h2-4,6,10-11,20H,5,7-8H2,1H3,(H,18,22). The van der Waals surface area contributed by atoms with Gasteiger partial charge in [-0.2, -0.15) is 0 Å². The summed E-state index contributed by atoms with van der Waals surface area (Å²) in [5.74, 6) is -1.24. The molecule has 0 aliphatic carbocycles. The van der Waals surface area contributed by atoms with Crippen molar-refractivity contribution < 1.29 is 18.7 Å². The van der Waals surface area contributed by atoms with Gasteiger partial charge in [0.05, 0.1) is 11.5 Å². The van der Waals surface area contributed by atoms with Crippen molar-refractivity contribution in [2.75, 3.05) is 20.1 Å². The number of nitrogens with one attached hydrogen (secondary N) is 1. The molecule has 23 heavy (non-hydrogen) atoms. The summed E-state index contributed by atoms with van der Waals surface area (Å²) in [6.07, 6.45) is 0.174. The number of fused-ring (bicyclic) bond motifs is 1. The Morgan fingerprint density at radius 2 is 2.26 bits per heavy atom. The molecule has 122 valence electrons. The second-order valence-corrected chi connectivity index (χ2v) is 5.81. The Morgan fingerprint density at radius 1 is 1.48 bits per heavy atom. The molecule has 1 aromatic heterocycles. The third-order valence-corrected chi connectivity index (χ3v) is 4.08. The number of carbonyl (C=O) groups excluding carboxylic acids is 1. The Hall–Kier alpha value is -2.25. The number of β-amino-alcohol motifs (C(OH)–C–C–N with tert-alkyl or cyclic N) is 1. The van der Waals surface area contributed by atoms with E-state index >= 15 is 0 Å². The molecule has 0 saturated carbocycles. The van der Waals surface area contributed by atoms with Crippen molar-refractivity contribution in [3.8, 4) is 0 Å². The number of nitrogens with zero attached hydrogens (tertiary/aromatic N) is 1. The van der Waals surface area contributed by atoms with Crippen molar-refractivity contribution in [1.82, 2.24) is 10.2 Å². The third-order valence-electron chi connectivity index (χ3n) is 4.08. The summed E-state index contributed by atoms with van der Waals surface area (Å²) in [5, 5.41) is 12.5. The molecule has 0 spiro atoms. The van der Waals surface area contributed by atoms with Crippen LogP contribution in [0.2, 0.25) is 0 Å². The van der Waals surface area contributed by atoms with Crippen molar-refractivity contribution in [3.63, 3.8) is 0 Å². The number of aliphatic hydroxyl groups is 1. The first-order valence-electron chi connectivity index (χ1n) is 7.34. The first kappa shape index (κ1) is 15.6. The van der Waals surface area contributed by atoms with Crippen molar-refractivity contribution in [1.29, 1.82) is 0 Å². The molecule has 2 heterocycles. The molecule has 1 fully saturated rings. The highest BCUT2D eigenvalue weighted by atomic mass is 19.1. The maximum absolute atomic E-state index is 13.2. The molecule has 0 bridgehead atoms. The van der Waals surface area contributed by atoms with E-state index in [0.717, 1.165) is 12.1 Å². The smallest absolute Gasteiger partial charge is 0.287 e. The monoisotopic (exact) mass is 320 g/mol. The number of hydrogen-bond acceptors (Lipinski definition) is 5. The van der Waals surface area contributed by atoms with Gasteiger partial charge in [-0.25, -0.2) is 4.39 Å². The van der Waals surface area contributed by atoms with E-state index in [2.05, 4.69) is 5.32 Å². The number of aliphatic hydroxyl groups excluding tert-OH is 1. The number of amides is 1. The molecule has 2 aromatic rings. The number of likely N-dealkylation sites (N-methyl/N-ethyl adjacent to an activating group) is 1. The Morgan fingerprint density at radius 3 is 2.96 bits per heavy atom. The van der Waals surface area contributed by atoms with E-state index in [-0.39, 0.29) is 22.8 Å². The lowest BCUT2D eigenvalue weighted by atomic mass is 10.2. The molecule has 1 aliphatic heterocycles. The van der Waals surface area contributed by atoms with Crippen LogP contribution < -0.4 is 10.7 Å². The molecule has 2 atom stereocenters. The van der Waals surface area contributed by atoms with Crippen LogP contribution >= 0.6 is 0 Å². The van der Waals surface area contributed by atoms with E-state index in [4.69, 9.17) is 4.42 Å². The maximum atomic E-state index is 13.2. The molecule has 2 unspecified atom stereocenters. The normalized spacial score (nSPS) is 21.7. The van der Waals surface area contributed by atoms with Crippen LogP contribution in [0.25, 0.3) is 11.0 Å². The average Bonchev–Trinajstić information content (AvgIpc) is 2.82. The van der Waals surface area contributed by atoms with Crippen LogP contribution in [0.4, 0.5) is 4.39 Å². The van der Waals surface area contributed by atoms with Gasteiger partial charge in [-0.15, -0.1) is 0 Å². The van der Waals surface area contributed by atoms with Crippen LogP contribution in [0.3, 0.4) is 0 Å². The fourth-order valence-electron chi connectivity index (χ4n) is 2.83. The summed E-state index contributed by atoms with van der Waals surface area (Å²) >= 11 is 0. The number of rotatable bonds is 3. The van der Waals surface area contributed by atoms with E-state index in [0.29, 0.717) is 19.5 Å². The van der Waals surface area contributed by atoms with Gasteiger partial charge in [-0.05, 0) is 25.6 Å². The van der Waals surface area contributed by atoms with Gasteiger partial charge in [0.2, 0.25) is 0 Å². The summed E-state index contributed by atoms with van der Waals surface area (Å²) in [6, 6.07) is 4.70. The summed E-state index contributed by atoms with van der Waals surface area (Å²) in [7, 11) is 1.87. The second-order valence-electron chi connectivity index (χ2n) is 5.81. The van der Waals surface area contributed by atoms with Gasteiger partial charge in [0, 0.05) is 31.3 Å². The van der Waals surface area contributed by atoms with Gasteiger partial charge < -0.3 is 14.8 Å². The minimum absolute atomic E-state index is 0.0265. The molecular formula is C16H17FN2O4. The third kappa shape index (κ3) is 3.25. The van der Waals surface area contributed by atoms with Gasteiger partial charge in [-0.1, -0.05) is 0 Å². The number of benzene rings is 1. The number of hydrogen-bond donors (Lipinski definition) is 2. The first-order valence-corrected chi connectivity index (χ1v) is 7.34. The Bertz CT molecular complexity index is 804. The molecule has 1 aliphatic rings. The van der Waals surface area contributed by atoms with Crippen LogP contribution in [0.1, 0.15) is 17.0 Å². The van der Waals surface area contributed by atoms with Crippen molar-refractivity contribution in [2.45, 2.75) is 18.6 Å². The lowest BCUT2D eigenvalue weighted by Gasteiger charge is -2.18. The zero-order chi connectivity index (χ0) is 16.6. The predicted molar refractivity (Wildman–Crippen MR) is 81.8 cm³/mol. The average molecular weight is 320 g/mol. The molecule has 1 aromatic carbocycles. The van der Waals surface area contributed by atoms with Crippen molar-refractivity contribution in [2.24, 2.45) is 0 Å². The molecule has 6 nitrogen and oxygen atoms in total. The number of likely N-dealkylation sites (tertiary alicyclic amines) is 1. The van der Waals surface area contributed by atoms with Gasteiger partial charge in [0.1, 0.15) is 11.4 Å². The SMILES string of the molecule is CN1CC(O)CC1CNC(=O)c1cc(=O)c2ccc(F)cc2o1. The molecular weight excluding hydrogens is 303 g/mol. The van der Waals surface area contributed by atoms with Crippen LogP contribution in [-0.2, 0) is 0 Å². The van der Waals surface area contributed by atoms with Crippen molar-refractivity contribution in [3.05, 3.63) is 46.1 Å². The molecule has 3 rings (SSSR count). The van der Waals surface area contributed by atoms with Crippen LogP contribution in [-0.4, -0.2) is 48.2 Å². The highest BCUT2D eigenvalue weighted by Crippen LogP contribution is 2.16. The van der Waals surface area contributed by atoms with Crippen LogP contribution in [0.5, 0.6) is 0 Å². The summed E-state index contributed by atoms with van der Waals surface area (Å²) in [4.78, 5) is 26.1.